The van der Waals surface area contributed by atoms with Crippen LogP contribution in [0.25, 0.3) is 0 Å². The molecule has 1 fully saturated rings. The second-order valence-corrected chi connectivity index (χ2v) is 7.47. The summed E-state index contributed by atoms with van der Waals surface area (Å²) in [6.07, 6.45) is -0.205. The third-order valence-electron chi connectivity index (χ3n) is 5.32. The zero-order valence-electron chi connectivity index (χ0n) is 15.8. The molecule has 0 spiro atoms. The average Bonchev–Trinajstić information content (AvgIpc) is 3.22. The van der Waals surface area contributed by atoms with Gasteiger partial charge in [-0.1, -0.05) is 44.2 Å². The molecule has 0 unspecified atom stereocenters. The molecule has 2 aromatic carbocycles. The van der Waals surface area contributed by atoms with Crippen molar-refractivity contribution in [1.82, 2.24) is 4.90 Å². The summed E-state index contributed by atoms with van der Waals surface area (Å²) in [5.74, 6) is -0.526. The molecule has 2 aliphatic rings. The lowest BCUT2D eigenvalue weighted by atomic mass is 10.0. The van der Waals surface area contributed by atoms with E-state index in [9.17, 15) is 14.4 Å². The molecule has 0 bridgehead atoms. The number of carbonyl (C=O) groups excluding carboxylic acids is 3. The molecular formula is C22H22N2O4. The smallest absolute Gasteiger partial charge is 0.340 e. The van der Waals surface area contributed by atoms with Gasteiger partial charge in [-0.25, -0.2) is 4.79 Å². The number of rotatable bonds is 4. The van der Waals surface area contributed by atoms with Crippen LogP contribution in [0.3, 0.4) is 0 Å². The summed E-state index contributed by atoms with van der Waals surface area (Å²) >= 11 is 0. The number of hydrogen-bond donors (Lipinski definition) is 1. The van der Waals surface area contributed by atoms with Gasteiger partial charge in [0.1, 0.15) is 6.04 Å². The van der Waals surface area contributed by atoms with E-state index in [0.717, 1.165) is 0 Å². The number of likely N-dealkylation sites (tertiary alicyclic amines) is 1. The van der Waals surface area contributed by atoms with Crippen LogP contribution in [0, 0.1) is 0 Å². The van der Waals surface area contributed by atoms with Crippen LogP contribution in [0.2, 0.25) is 0 Å². The number of esters is 1. The molecule has 2 atom stereocenters. The van der Waals surface area contributed by atoms with Crippen molar-refractivity contribution in [3.8, 4) is 0 Å². The van der Waals surface area contributed by atoms with Gasteiger partial charge in [-0.2, -0.15) is 0 Å². The normalized spacial score (nSPS) is 21.0. The van der Waals surface area contributed by atoms with Gasteiger partial charge in [-0.15, -0.1) is 0 Å². The lowest BCUT2D eigenvalue weighted by Crippen LogP contribution is -2.43. The van der Waals surface area contributed by atoms with E-state index in [2.05, 4.69) is 19.2 Å². The van der Waals surface area contributed by atoms with Crippen molar-refractivity contribution in [2.45, 2.75) is 44.9 Å². The van der Waals surface area contributed by atoms with Crippen LogP contribution in [0.15, 0.2) is 48.5 Å². The minimum absolute atomic E-state index is 0.190. The number of fused-ring (bicyclic) bond motifs is 1. The molecule has 1 N–H and O–H groups in total. The molecule has 0 aromatic heterocycles. The molecule has 2 heterocycles. The Morgan fingerprint density at radius 3 is 2.54 bits per heavy atom. The third-order valence-corrected chi connectivity index (χ3v) is 5.32. The van der Waals surface area contributed by atoms with Crippen molar-refractivity contribution in [3.63, 3.8) is 0 Å². The number of amides is 2. The highest BCUT2D eigenvalue weighted by molar-refractivity contribution is 6.00. The van der Waals surface area contributed by atoms with E-state index in [1.807, 2.05) is 24.3 Å². The number of anilines is 1. The van der Waals surface area contributed by atoms with Crippen LogP contribution in [0.1, 0.15) is 60.3 Å². The number of ether oxygens (including phenoxy) is 1. The highest BCUT2D eigenvalue weighted by Gasteiger charge is 2.46. The second kappa shape index (κ2) is 7.11. The number of nitrogens with one attached hydrogen (secondary N) is 1. The van der Waals surface area contributed by atoms with Gasteiger partial charge < -0.3 is 10.1 Å². The first-order chi connectivity index (χ1) is 13.5. The lowest BCUT2D eigenvalue weighted by molar-refractivity contribution is -0.144. The standard InChI is InChI=1S/C22H22N2O4/c1-13(2)14-7-9-15(10-8-14)23-20(26)18-11-12-19(25)24(18)21-16-5-3-4-6-17(16)22(27)28-21/h3-10,13,18,21H,11-12H2,1-2H3,(H,23,26)/t18-,21+/m1/s1. The lowest BCUT2D eigenvalue weighted by Gasteiger charge is -2.29. The Morgan fingerprint density at radius 1 is 1.11 bits per heavy atom. The number of hydrogen-bond acceptors (Lipinski definition) is 4. The third kappa shape index (κ3) is 3.15. The monoisotopic (exact) mass is 378 g/mol. The van der Waals surface area contributed by atoms with Crippen LogP contribution in [-0.2, 0) is 14.3 Å². The summed E-state index contributed by atoms with van der Waals surface area (Å²) in [7, 11) is 0. The van der Waals surface area contributed by atoms with E-state index in [4.69, 9.17) is 4.74 Å². The highest BCUT2D eigenvalue weighted by Crippen LogP contribution is 2.38. The van der Waals surface area contributed by atoms with Gasteiger partial charge in [-0.3, -0.25) is 14.5 Å². The number of cyclic esters (lactones) is 1. The highest BCUT2D eigenvalue weighted by atomic mass is 16.6. The predicted molar refractivity (Wildman–Crippen MR) is 104 cm³/mol. The average molecular weight is 378 g/mol. The van der Waals surface area contributed by atoms with Gasteiger partial charge in [0.2, 0.25) is 18.0 Å². The van der Waals surface area contributed by atoms with Crippen molar-refractivity contribution >= 4 is 23.5 Å². The number of nitrogens with zero attached hydrogens (tertiary/aromatic N) is 1. The minimum Gasteiger partial charge on any atom is -0.433 e. The molecule has 6 heteroatoms. The van der Waals surface area contributed by atoms with Crippen LogP contribution in [-0.4, -0.2) is 28.7 Å². The first-order valence-electron chi connectivity index (χ1n) is 9.47. The number of benzene rings is 2. The molecule has 6 nitrogen and oxygen atoms in total. The SMILES string of the molecule is CC(C)c1ccc(NC(=O)[C@H]2CCC(=O)N2[C@H]2OC(=O)c3ccccc32)cc1. The van der Waals surface area contributed by atoms with Crippen molar-refractivity contribution in [1.29, 1.82) is 0 Å². The van der Waals surface area contributed by atoms with Crippen LogP contribution in [0.5, 0.6) is 0 Å². The van der Waals surface area contributed by atoms with E-state index >= 15 is 0 Å². The van der Waals surface area contributed by atoms with Gasteiger partial charge in [0.15, 0.2) is 0 Å². The Balaban J connectivity index is 1.55. The molecule has 144 valence electrons. The summed E-state index contributed by atoms with van der Waals surface area (Å²) in [6, 6.07) is 14.0. The maximum atomic E-state index is 12.9. The quantitative estimate of drug-likeness (QED) is 0.825. The molecule has 0 saturated carbocycles. The molecule has 0 radical (unpaired) electrons. The summed E-state index contributed by atoms with van der Waals surface area (Å²) < 4.78 is 5.44. The molecule has 2 aliphatic heterocycles. The van der Waals surface area contributed by atoms with E-state index in [1.165, 1.54) is 10.5 Å². The molecule has 2 amide bonds. The van der Waals surface area contributed by atoms with E-state index < -0.39 is 18.2 Å². The summed E-state index contributed by atoms with van der Waals surface area (Å²) in [4.78, 5) is 39.0. The van der Waals surface area contributed by atoms with Gasteiger partial charge in [-0.05, 0) is 36.1 Å². The molecule has 1 saturated heterocycles. The van der Waals surface area contributed by atoms with E-state index in [-0.39, 0.29) is 18.2 Å². The second-order valence-electron chi connectivity index (χ2n) is 7.47. The Morgan fingerprint density at radius 2 is 1.82 bits per heavy atom. The Hall–Kier alpha value is -3.15. The zero-order valence-corrected chi connectivity index (χ0v) is 15.8. The van der Waals surface area contributed by atoms with Crippen LogP contribution >= 0.6 is 0 Å². The summed E-state index contributed by atoms with van der Waals surface area (Å²) in [5, 5.41) is 2.89. The van der Waals surface area contributed by atoms with Crippen molar-refractivity contribution in [2.24, 2.45) is 0 Å². The maximum absolute atomic E-state index is 12.9. The van der Waals surface area contributed by atoms with Gasteiger partial charge in [0.25, 0.3) is 0 Å². The summed E-state index contributed by atoms with van der Waals surface area (Å²) in [6.45, 7) is 4.21. The molecule has 0 aliphatic carbocycles. The predicted octanol–water partition coefficient (Wildman–Crippen LogP) is 3.61. The zero-order chi connectivity index (χ0) is 19.8. The van der Waals surface area contributed by atoms with Gasteiger partial charge >= 0.3 is 5.97 Å². The fourth-order valence-corrected chi connectivity index (χ4v) is 3.76. The largest absolute Gasteiger partial charge is 0.433 e. The van der Waals surface area contributed by atoms with Crippen LogP contribution < -0.4 is 5.32 Å². The first-order valence-corrected chi connectivity index (χ1v) is 9.47. The fourth-order valence-electron chi connectivity index (χ4n) is 3.76. The fraction of sp³-hybridized carbons (Fsp3) is 0.318. The van der Waals surface area contributed by atoms with Gasteiger partial charge in [0.05, 0.1) is 5.56 Å². The van der Waals surface area contributed by atoms with Crippen molar-refractivity contribution in [3.05, 3.63) is 65.2 Å². The van der Waals surface area contributed by atoms with Crippen LogP contribution in [0.4, 0.5) is 5.69 Å². The first kappa shape index (κ1) is 18.2. The van der Waals surface area contributed by atoms with E-state index in [1.54, 1.807) is 24.3 Å². The van der Waals surface area contributed by atoms with E-state index in [0.29, 0.717) is 29.2 Å². The molecular weight excluding hydrogens is 356 g/mol. The van der Waals surface area contributed by atoms with Gasteiger partial charge in [0, 0.05) is 17.7 Å². The Kier molecular flexibility index (Phi) is 4.63. The Bertz CT molecular complexity index is 936. The van der Waals surface area contributed by atoms with Crippen molar-refractivity contribution in [2.75, 3.05) is 5.32 Å². The van der Waals surface area contributed by atoms with Crippen molar-refractivity contribution < 1.29 is 19.1 Å². The number of carbonyl (C=O) groups is 3. The topological polar surface area (TPSA) is 75.7 Å². The summed E-state index contributed by atoms with van der Waals surface area (Å²) in [5.41, 5.74) is 2.93. The Labute approximate surface area is 163 Å². The molecule has 2 aromatic rings. The maximum Gasteiger partial charge on any atom is 0.340 e. The minimum atomic E-state index is -0.849. The molecule has 28 heavy (non-hydrogen) atoms. The molecule has 4 rings (SSSR count).